The molecule has 0 amide bonds. The Hall–Kier alpha value is -1.94. The number of phosphoric ester groups is 2. The van der Waals surface area contributed by atoms with Crippen LogP contribution in [-0.4, -0.2) is 96.7 Å². The highest BCUT2D eigenvalue weighted by Crippen LogP contribution is 2.45. The van der Waals surface area contributed by atoms with Crippen molar-refractivity contribution in [1.29, 1.82) is 0 Å². The van der Waals surface area contributed by atoms with E-state index in [1.807, 2.05) is 0 Å². The third-order valence-electron chi connectivity index (χ3n) is 15.1. The van der Waals surface area contributed by atoms with Crippen LogP contribution >= 0.6 is 15.6 Å². The second-order valence-corrected chi connectivity index (χ2v) is 26.3. The predicted molar refractivity (Wildman–Crippen MR) is 331 cm³/mol. The summed E-state index contributed by atoms with van der Waals surface area (Å²) in [6.07, 6.45) is 42.6. The molecule has 0 spiro atoms. The van der Waals surface area contributed by atoms with Crippen molar-refractivity contribution in [3.63, 3.8) is 0 Å². The van der Waals surface area contributed by atoms with Crippen molar-refractivity contribution in [3.05, 3.63) is 0 Å². The number of carbonyl (C=O) groups is 4. The Bertz CT molecular complexity index is 1620. The van der Waals surface area contributed by atoms with E-state index in [-0.39, 0.29) is 25.7 Å². The number of carbonyl (C=O) groups excluding carboxylic acids is 4. The van der Waals surface area contributed by atoms with E-state index in [1.54, 1.807) is 0 Å². The van der Waals surface area contributed by atoms with Crippen molar-refractivity contribution < 1.29 is 80.2 Å². The lowest BCUT2D eigenvalue weighted by Crippen LogP contribution is -2.30. The summed E-state index contributed by atoms with van der Waals surface area (Å²) < 4.78 is 67.5. The molecule has 0 saturated heterocycles. The zero-order chi connectivity index (χ0) is 61.3. The van der Waals surface area contributed by atoms with Crippen molar-refractivity contribution in [1.82, 2.24) is 0 Å². The van der Waals surface area contributed by atoms with Crippen LogP contribution in [0.5, 0.6) is 0 Å². The summed E-state index contributed by atoms with van der Waals surface area (Å²) in [5.41, 5.74) is 0. The Morgan fingerprint density at radius 2 is 0.578 bits per heavy atom. The number of unbranched alkanes of at least 4 members (excludes halogenated alkanes) is 35. The van der Waals surface area contributed by atoms with E-state index in [0.29, 0.717) is 25.7 Å². The van der Waals surface area contributed by atoms with Gasteiger partial charge in [-0.2, -0.15) is 0 Å². The Labute approximate surface area is 505 Å². The topological polar surface area (TPSA) is 237 Å². The molecule has 0 fully saturated rings. The van der Waals surface area contributed by atoms with E-state index in [1.165, 1.54) is 141 Å². The second-order valence-electron chi connectivity index (χ2n) is 23.4. The van der Waals surface area contributed by atoms with Gasteiger partial charge in [0.05, 0.1) is 26.4 Å². The molecule has 3 N–H and O–H groups in total. The predicted octanol–water partition coefficient (Wildman–Crippen LogP) is 17.8. The first kappa shape index (κ1) is 81.1. The summed E-state index contributed by atoms with van der Waals surface area (Å²) in [5.74, 6) is -1.28. The molecular formula is C64H124O17P2. The normalized spacial score (nSPS) is 14.6. The Morgan fingerprint density at radius 3 is 0.855 bits per heavy atom. The van der Waals surface area contributed by atoms with Crippen molar-refractivity contribution in [2.24, 2.45) is 5.92 Å². The van der Waals surface area contributed by atoms with Gasteiger partial charge in [-0.3, -0.25) is 37.3 Å². The van der Waals surface area contributed by atoms with Crippen LogP contribution in [0.3, 0.4) is 0 Å². The smallest absolute Gasteiger partial charge is 0.462 e. The van der Waals surface area contributed by atoms with Crippen LogP contribution in [0.2, 0.25) is 0 Å². The zero-order valence-electron chi connectivity index (χ0n) is 53.3. The second kappa shape index (κ2) is 57.8. The van der Waals surface area contributed by atoms with Gasteiger partial charge in [-0.25, -0.2) is 9.13 Å². The average molecular weight is 1230 g/mol. The first-order valence-corrected chi connectivity index (χ1v) is 36.7. The Balaban J connectivity index is 5.00. The van der Waals surface area contributed by atoms with Crippen molar-refractivity contribution in [3.8, 4) is 0 Å². The largest absolute Gasteiger partial charge is 0.472 e. The minimum absolute atomic E-state index is 0.0990. The molecule has 0 saturated carbocycles. The molecule has 0 aromatic rings. The third-order valence-corrected chi connectivity index (χ3v) is 17.0. The van der Waals surface area contributed by atoms with E-state index in [9.17, 15) is 43.2 Å². The average Bonchev–Trinajstić information content (AvgIpc) is 3.49. The lowest BCUT2D eigenvalue weighted by molar-refractivity contribution is -0.161. The summed E-state index contributed by atoms with van der Waals surface area (Å²) in [6.45, 7) is 7.07. The third kappa shape index (κ3) is 57.6. The van der Waals surface area contributed by atoms with Crippen molar-refractivity contribution in [2.45, 2.75) is 342 Å². The molecule has 0 bridgehead atoms. The SMILES string of the molecule is CCCCCCCCCCCCCC(=O)OC[C@H](COP(=O)(O)OC[C@@H](O)COP(=O)(O)OC[C@@H](COC(=O)CCCCCCC)OC(=O)CCCCCCC)OC(=O)CCCCCCCCCCCCCCCCCCCCC(C)CC. The van der Waals surface area contributed by atoms with Crippen LogP contribution in [0.4, 0.5) is 0 Å². The Morgan fingerprint density at radius 1 is 0.337 bits per heavy atom. The molecule has 0 radical (unpaired) electrons. The molecule has 83 heavy (non-hydrogen) atoms. The number of hydrogen-bond acceptors (Lipinski definition) is 15. The fourth-order valence-electron chi connectivity index (χ4n) is 9.55. The molecule has 492 valence electrons. The van der Waals surface area contributed by atoms with Crippen LogP contribution in [0.1, 0.15) is 324 Å². The zero-order valence-corrected chi connectivity index (χ0v) is 55.1. The number of aliphatic hydroxyl groups excluding tert-OH is 1. The van der Waals surface area contributed by atoms with Gasteiger partial charge in [0.1, 0.15) is 19.3 Å². The molecule has 0 aliphatic rings. The number of hydrogen-bond donors (Lipinski definition) is 3. The molecule has 0 rings (SSSR count). The van der Waals surface area contributed by atoms with Crippen LogP contribution in [0, 0.1) is 5.92 Å². The van der Waals surface area contributed by atoms with Gasteiger partial charge in [-0.05, 0) is 31.6 Å². The lowest BCUT2D eigenvalue weighted by atomic mass is 9.99. The fraction of sp³-hybridized carbons (Fsp3) is 0.938. The fourth-order valence-corrected chi connectivity index (χ4v) is 11.1. The highest BCUT2D eigenvalue weighted by atomic mass is 31.2. The van der Waals surface area contributed by atoms with E-state index < -0.39 is 97.5 Å². The van der Waals surface area contributed by atoms with Gasteiger partial charge in [-0.15, -0.1) is 0 Å². The highest BCUT2D eigenvalue weighted by Gasteiger charge is 2.30. The summed E-state index contributed by atoms with van der Waals surface area (Å²) in [4.78, 5) is 71.6. The standard InChI is InChI=1S/C64H124O17P2/c1-6-10-13-16-17-18-27-31-34-39-43-48-62(67)75-54-60(81-64(69)50-45-40-35-32-29-26-24-22-20-19-21-23-25-28-30-33-38-41-46-57(5)9-4)56-79-83(72,73)77-52-58(65)51-76-82(70,71)78-55-59(80-63(68)49-44-37-15-12-8-3)53-74-61(66)47-42-36-14-11-7-2/h57-60,65H,6-56H2,1-5H3,(H,70,71)(H,72,73)/t57?,58-,59+,60+/m0/s1. The molecule has 3 unspecified atom stereocenters. The maximum Gasteiger partial charge on any atom is 0.472 e. The molecule has 19 heteroatoms. The van der Waals surface area contributed by atoms with Crippen LogP contribution in [-0.2, 0) is 65.4 Å². The summed E-state index contributed by atoms with van der Waals surface area (Å²) >= 11 is 0. The highest BCUT2D eigenvalue weighted by molar-refractivity contribution is 7.47. The van der Waals surface area contributed by atoms with Crippen LogP contribution < -0.4 is 0 Å². The summed E-state index contributed by atoms with van der Waals surface area (Å²) in [5, 5.41) is 10.5. The van der Waals surface area contributed by atoms with E-state index in [4.69, 9.17) is 37.0 Å². The molecule has 0 aliphatic carbocycles. The molecule has 0 aliphatic heterocycles. The molecular weight excluding hydrogens is 1100 g/mol. The number of aliphatic hydroxyl groups is 1. The number of rotatable bonds is 64. The summed E-state index contributed by atoms with van der Waals surface area (Å²) in [6, 6.07) is 0. The first-order chi connectivity index (χ1) is 40.1. The van der Waals surface area contributed by atoms with Gasteiger partial charge in [0.25, 0.3) is 0 Å². The van der Waals surface area contributed by atoms with Gasteiger partial charge in [0.2, 0.25) is 0 Å². The molecule has 0 aromatic carbocycles. The molecule has 0 heterocycles. The minimum atomic E-state index is -4.94. The van der Waals surface area contributed by atoms with Crippen LogP contribution in [0.15, 0.2) is 0 Å². The van der Waals surface area contributed by atoms with Crippen molar-refractivity contribution in [2.75, 3.05) is 39.6 Å². The quantitative estimate of drug-likeness (QED) is 0.0222. The van der Waals surface area contributed by atoms with Crippen LogP contribution in [0.25, 0.3) is 0 Å². The number of ether oxygens (including phenoxy) is 4. The van der Waals surface area contributed by atoms with Gasteiger partial charge < -0.3 is 33.8 Å². The maximum absolute atomic E-state index is 13.0. The molecule has 6 atom stereocenters. The Kier molecular flexibility index (Phi) is 56.4. The van der Waals surface area contributed by atoms with E-state index >= 15 is 0 Å². The minimum Gasteiger partial charge on any atom is -0.462 e. The molecule has 17 nitrogen and oxygen atoms in total. The maximum atomic E-state index is 13.0. The van der Waals surface area contributed by atoms with Gasteiger partial charge in [-0.1, -0.05) is 272 Å². The van der Waals surface area contributed by atoms with E-state index in [0.717, 1.165) is 102 Å². The monoisotopic (exact) mass is 1230 g/mol. The van der Waals surface area contributed by atoms with Gasteiger partial charge >= 0.3 is 39.5 Å². The van der Waals surface area contributed by atoms with Crippen molar-refractivity contribution >= 4 is 39.5 Å². The van der Waals surface area contributed by atoms with Gasteiger partial charge in [0, 0.05) is 25.7 Å². The first-order valence-electron chi connectivity index (χ1n) is 33.7. The molecule has 0 aromatic heterocycles. The van der Waals surface area contributed by atoms with E-state index in [2.05, 4.69) is 34.6 Å². The van der Waals surface area contributed by atoms with Gasteiger partial charge in [0.15, 0.2) is 12.2 Å². The number of phosphoric acid groups is 2. The summed E-state index contributed by atoms with van der Waals surface area (Å²) in [7, 11) is -9.86. The number of esters is 4. The lowest BCUT2D eigenvalue weighted by Gasteiger charge is -2.21.